The third kappa shape index (κ3) is 3.13. The normalized spacial score (nSPS) is 17.3. The number of allylic oxidation sites excluding steroid dienone is 5. The maximum absolute atomic E-state index is 11.5. The summed E-state index contributed by atoms with van der Waals surface area (Å²) in [4.78, 5) is 13.6. The van der Waals surface area contributed by atoms with Gasteiger partial charge in [-0.2, -0.15) is 0 Å². The number of hydrogen-bond acceptors (Lipinski definition) is 4. The van der Waals surface area contributed by atoms with E-state index in [0.717, 1.165) is 12.2 Å². The number of nitrogens with one attached hydrogen (secondary N) is 1. The average molecular weight is 244 g/mol. The first-order valence-corrected chi connectivity index (χ1v) is 5.88. The molecule has 0 aromatic rings. The summed E-state index contributed by atoms with van der Waals surface area (Å²) in [7, 11) is 0. The minimum Gasteiger partial charge on any atom is -0.425 e. The van der Waals surface area contributed by atoms with Gasteiger partial charge in [-0.1, -0.05) is 12.2 Å². The molecule has 0 bridgehead atoms. The van der Waals surface area contributed by atoms with Crippen LogP contribution in [0.5, 0.6) is 0 Å². The average Bonchev–Trinajstić information content (AvgIpc) is 2.39. The smallest absolute Gasteiger partial charge is 0.330 e. The highest BCUT2D eigenvalue weighted by Crippen LogP contribution is 2.19. The standard InChI is InChI=1S/C14H16N2O2/c1-2-7-15-11-14(17)18-13-6-9-16-8-4-3-5-12(16)10-13/h2-8,10,15H,9,11H2,1H3. The molecule has 4 nitrogen and oxygen atoms in total. The number of fused-ring (bicyclic) bond motifs is 1. The lowest BCUT2D eigenvalue weighted by molar-refractivity contribution is -0.137. The molecule has 2 aliphatic heterocycles. The van der Waals surface area contributed by atoms with Crippen molar-refractivity contribution in [2.75, 3.05) is 13.1 Å². The summed E-state index contributed by atoms with van der Waals surface area (Å²) in [6, 6.07) is 0. The fraction of sp³-hybridized carbons (Fsp3) is 0.214. The van der Waals surface area contributed by atoms with Crippen LogP contribution in [0.2, 0.25) is 0 Å². The summed E-state index contributed by atoms with van der Waals surface area (Å²) in [5, 5.41) is 2.84. The zero-order valence-electron chi connectivity index (χ0n) is 10.3. The van der Waals surface area contributed by atoms with Gasteiger partial charge in [0, 0.05) is 24.5 Å². The third-order valence-electron chi connectivity index (χ3n) is 2.52. The van der Waals surface area contributed by atoms with E-state index in [1.54, 1.807) is 6.20 Å². The summed E-state index contributed by atoms with van der Waals surface area (Å²) < 4.78 is 5.25. The van der Waals surface area contributed by atoms with Crippen LogP contribution in [0.25, 0.3) is 0 Å². The first-order chi connectivity index (χ1) is 8.79. The second-order valence-electron chi connectivity index (χ2n) is 3.88. The van der Waals surface area contributed by atoms with E-state index < -0.39 is 0 Å². The summed E-state index contributed by atoms with van der Waals surface area (Å²) >= 11 is 0. The molecule has 0 amide bonds. The van der Waals surface area contributed by atoms with E-state index in [-0.39, 0.29) is 12.5 Å². The molecular formula is C14H16N2O2. The topological polar surface area (TPSA) is 41.6 Å². The summed E-state index contributed by atoms with van der Waals surface area (Å²) in [6.07, 6.45) is 15.2. The van der Waals surface area contributed by atoms with Crippen molar-refractivity contribution in [2.24, 2.45) is 0 Å². The molecule has 0 saturated carbocycles. The number of esters is 1. The van der Waals surface area contributed by atoms with Gasteiger partial charge in [0.2, 0.25) is 0 Å². The van der Waals surface area contributed by atoms with E-state index in [0.29, 0.717) is 5.76 Å². The Morgan fingerprint density at radius 2 is 2.44 bits per heavy atom. The van der Waals surface area contributed by atoms with Gasteiger partial charge in [-0.15, -0.1) is 0 Å². The van der Waals surface area contributed by atoms with Gasteiger partial charge in [-0.05, 0) is 31.4 Å². The minimum atomic E-state index is -0.292. The predicted molar refractivity (Wildman–Crippen MR) is 70.1 cm³/mol. The van der Waals surface area contributed by atoms with Crippen molar-refractivity contribution >= 4 is 5.97 Å². The van der Waals surface area contributed by atoms with Gasteiger partial charge in [0.15, 0.2) is 0 Å². The minimum absolute atomic E-state index is 0.171. The Morgan fingerprint density at radius 3 is 3.28 bits per heavy atom. The summed E-state index contributed by atoms with van der Waals surface area (Å²) in [5.41, 5.74) is 1.03. The lowest BCUT2D eigenvalue weighted by Crippen LogP contribution is -2.24. The molecule has 0 aromatic heterocycles. The monoisotopic (exact) mass is 244 g/mol. The Labute approximate surface area is 107 Å². The molecule has 0 saturated heterocycles. The number of carbonyl (C=O) groups excluding carboxylic acids is 1. The maximum atomic E-state index is 11.5. The van der Waals surface area contributed by atoms with E-state index in [2.05, 4.69) is 10.2 Å². The molecule has 18 heavy (non-hydrogen) atoms. The zero-order chi connectivity index (χ0) is 12.8. The first-order valence-electron chi connectivity index (χ1n) is 5.88. The Bertz CT molecular complexity index is 470. The lowest BCUT2D eigenvalue weighted by Gasteiger charge is -2.25. The number of nitrogens with zero attached hydrogens (tertiary/aromatic N) is 1. The third-order valence-corrected chi connectivity index (χ3v) is 2.52. The number of rotatable bonds is 4. The van der Waals surface area contributed by atoms with Crippen LogP contribution < -0.4 is 5.32 Å². The van der Waals surface area contributed by atoms with Gasteiger partial charge >= 0.3 is 5.97 Å². The van der Waals surface area contributed by atoms with Gasteiger partial charge in [0.25, 0.3) is 0 Å². The fourth-order valence-electron chi connectivity index (χ4n) is 1.68. The van der Waals surface area contributed by atoms with E-state index in [9.17, 15) is 4.79 Å². The van der Waals surface area contributed by atoms with Crippen LogP contribution in [-0.4, -0.2) is 24.0 Å². The van der Waals surface area contributed by atoms with Crippen LogP contribution in [0.1, 0.15) is 6.92 Å². The Kier molecular flexibility index (Phi) is 4.02. The summed E-state index contributed by atoms with van der Waals surface area (Å²) in [6.45, 7) is 2.77. The van der Waals surface area contributed by atoms with Crippen LogP contribution in [-0.2, 0) is 9.53 Å². The molecule has 0 unspecified atom stereocenters. The van der Waals surface area contributed by atoms with Gasteiger partial charge in [0.05, 0.1) is 0 Å². The van der Waals surface area contributed by atoms with E-state index in [1.165, 1.54) is 0 Å². The van der Waals surface area contributed by atoms with Gasteiger partial charge in [0.1, 0.15) is 12.3 Å². The van der Waals surface area contributed by atoms with Crippen LogP contribution in [0.3, 0.4) is 0 Å². The second kappa shape index (κ2) is 5.91. The largest absolute Gasteiger partial charge is 0.425 e. The number of carbonyl (C=O) groups is 1. The molecule has 0 atom stereocenters. The van der Waals surface area contributed by atoms with Gasteiger partial charge < -0.3 is 15.0 Å². The van der Waals surface area contributed by atoms with Gasteiger partial charge in [-0.3, -0.25) is 0 Å². The molecule has 1 N–H and O–H groups in total. The lowest BCUT2D eigenvalue weighted by atomic mass is 10.2. The Hall–Kier alpha value is -2.23. The molecule has 0 spiro atoms. The second-order valence-corrected chi connectivity index (χ2v) is 3.88. The Morgan fingerprint density at radius 1 is 1.56 bits per heavy atom. The molecule has 2 rings (SSSR count). The SMILES string of the molecule is CC=CNCC(=O)OC1=CCN2C=CC=CC2=C1. The van der Waals surface area contributed by atoms with Crippen molar-refractivity contribution in [3.8, 4) is 0 Å². The van der Waals surface area contributed by atoms with Crippen LogP contribution in [0, 0.1) is 0 Å². The maximum Gasteiger partial charge on any atom is 0.330 e. The predicted octanol–water partition coefficient (Wildman–Crippen LogP) is 1.82. The van der Waals surface area contributed by atoms with E-state index >= 15 is 0 Å². The van der Waals surface area contributed by atoms with Crippen molar-refractivity contribution in [1.82, 2.24) is 10.2 Å². The van der Waals surface area contributed by atoms with Crippen LogP contribution in [0.4, 0.5) is 0 Å². The quantitative estimate of drug-likeness (QED) is 0.766. The highest BCUT2D eigenvalue weighted by atomic mass is 16.5. The highest BCUT2D eigenvalue weighted by Gasteiger charge is 2.14. The molecule has 0 radical (unpaired) electrons. The zero-order valence-corrected chi connectivity index (χ0v) is 10.3. The molecule has 0 fully saturated rings. The van der Waals surface area contributed by atoms with Crippen LogP contribution in [0.15, 0.2) is 60.3 Å². The molecular weight excluding hydrogens is 228 g/mol. The van der Waals surface area contributed by atoms with E-state index in [1.807, 2.05) is 49.6 Å². The molecule has 2 aliphatic rings. The Balaban J connectivity index is 1.89. The molecule has 0 aliphatic carbocycles. The van der Waals surface area contributed by atoms with Crippen LogP contribution >= 0.6 is 0 Å². The van der Waals surface area contributed by atoms with Crippen molar-refractivity contribution < 1.29 is 9.53 Å². The fourth-order valence-corrected chi connectivity index (χ4v) is 1.68. The first kappa shape index (κ1) is 12.2. The van der Waals surface area contributed by atoms with E-state index in [4.69, 9.17) is 4.74 Å². The van der Waals surface area contributed by atoms with Crippen molar-refractivity contribution in [3.05, 3.63) is 60.3 Å². The summed E-state index contributed by atoms with van der Waals surface area (Å²) in [5.74, 6) is 0.313. The van der Waals surface area contributed by atoms with Crippen molar-refractivity contribution in [2.45, 2.75) is 6.92 Å². The molecule has 0 aromatic carbocycles. The molecule has 94 valence electrons. The number of hydrogen-bond donors (Lipinski definition) is 1. The molecule has 4 heteroatoms. The van der Waals surface area contributed by atoms with Crippen molar-refractivity contribution in [1.29, 1.82) is 0 Å². The van der Waals surface area contributed by atoms with Gasteiger partial charge in [-0.25, -0.2) is 4.79 Å². The molecule has 2 heterocycles. The number of ether oxygens (including phenoxy) is 1. The highest BCUT2D eigenvalue weighted by molar-refractivity contribution is 5.73. The van der Waals surface area contributed by atoms with Crippen molar-refractivity contribution in [3.63, 3.8) is 0 Å².